The maximum absolute atomic E-state index is 11.6. The van der Waals surface area contributed by atoms with E-state index in [0.29, 0.717) is 6.61 Å². The highest BCUT2D eigenvalue weighted by Crippen LogP contribution is 2.19. The van der Waals surface area contributed by atoms with E-state index in [1.54, 1.807) is 13.8 Å². The second kappa shape index (κ2) is 9.07. The van der Waals surface area contributed by atoms with Crippen molar-refractivity contribution in [1.82, 2.24) is 5.32 Å². The average Bonchev–Trinajstić information content (AvgIpc) is 2.42. The lowest BCUT2D eigenvalue weighted by Crippen LogP contribution is -2.28. The Hall–Kier alpha value is -2.04. The van der Waals surface area contributed by atoms with Gasteiger partial charge >= 0.3 is 5.97 Å². The smallest absolute Gasteiger partial charge is 0.307 e. The summed E-state index contributed by atoms with van der Waals surface area (Å²) in [5, 5.41) is 2.68. The molecule has 0 bridgehead atoms. The normalized spacial score (nSPS) is 10.4. The number of carbonyl (C=O) groups is 2. The minimum absolute atomic E-state index is 0.130. The molecule has 1 amide bonds. The Balaban J connectivity index is 2.21. The Labute approximate surface area is 132 Å². The summed E-state index contributed by atoms with van der Waals surface area (Å²) in [6, 6.07) is 5.96. The third-order valence-electron chi connectivity index (χ3n) is 2.95. The van der Waals surface area contributed by atoms with Crippen molar-refractivity contribution in [3.05, 3.63) is 29.3 Å². The van der Waals surface area contributed by atoms with Crippen LogP contribution in [0.2, 0.25) is 0 Å². The molecule has 0 saturated heterocycles. The maximum atomic E-state index is 11.6. The minimum atomic E-state index is -0.304. The van der Waals surface area contributed by atoms with Crippen LogP contribution in [0.4, 0.5) is 0 Å². The van der Waals surface area contributed by atoms with Crippen LogP contribution < -0.4 is 10.1 Å². The fraction of sp³-hybridized carbons (Fsp3) is 0.529. The number of aryl methyl sites for hydroxylation is 2. The molecule has 0 heterocycles. The summed E-state index contributed by atoms with van der Waals surface area (Å²) in [6.07, 6.45) is 0.308. The zero-order chi connectivity index (χ0) is 16.5. The van der Waals surface area contributed by atoms with Gasteiger partial charge in [-0.25, -0.2) is 0 Å². The second-order valence-electron chi connectivity index (χ2n) is 5.51. The predicted molar refractivity (Wildman–Crippen MR) is 84.9 cm³/mol. The molecule has 122 valence electrons. The van der Waals surface area contributed by atoms with Crippen LogP contribution in [0.1, 0.15) is 37.8 Å². The van der Waals surface area contributed by atoms with E-state index in [1.807, 2.05) is 32.0 Å². The van der Waals surface area contributed by atoms with E-state index in [4.69, 9.17) is 9.47 Å². The highest BCUT2D eigenvalue weighted by molar-refractivity contribution is 5.77. The Morgan fingerprint density at radius 3 is 2.59 bits per heavy atom. The summed E-state index contributed by atoms with van der Waals surface area (Å²) in [7, 11) is 0. The molecule has 0 unspecified atom stereocenters. The van der Waals surface area contributed by atoms with Gasteiger partial charge in [0, 0.05) is 6.54 Å². The Bertz CT molecular complexity index is 511. The molecule has 0 saturated carbocycles. The van der Waals surface area contributed by atoms with Gasteiger partial charge in [-0.3, -0.25) is 9.59 Å². The highest BCUT2D eigenvalue weighted by Gasteiger charge is 2.07. The van der Waals surface area contributed by atoms with Gasteiger partial charge < -0.3 is 14.8 Å². The lowest BCUT2D eigenvalue weighted by atomic mass is 10.1. The maximum Gasteiger partial charge on any atom is 0.307 e. The first-order valence-electron chi connectivity index (χ1n) is 7.54. The van der Waals surface area contributed by atoms with Crippen LogP contribution >= 0.6 is 0 Å². The number of hydrogen-bond acceptors (Lipinski definition) is 4. The van der Waals surface area contributed by atoms with Gasteiger partial charge in [-0.05, 0) is 44.9 Å². The fourth-order valence-electron chi connectivity index (χ4n) is 1.83. The molecule has 0 aliphatic carbocycles. The highest BCUT2D eigenvalue weighted by atomic mass is 16.5. The molecule has 22 heavy (non-hydrogen) atoms. The molecule has 5 heteroatoms. The molecule has 1 rings (SSSR count). The van der Waals surface area contributed by atoms with Gasteiger partial charge in [0.25, 0.3) is 0 Å². The SMILES string of the molecule is Cc1ccc(C)c(OCCC(=O)NCCC(=O)OC(C)C)c1. The lowest BCUT2D eigenvalue weighted by Gasteiger charge is -2.10. The van der Waals surface area contributed by atoms with Crippen LogP contribution in [0, 0.1) is 13.8 Å². The number of rotatable bonds is 8. The van der Waals surface area contributed by atoms with Gasteiger partial charge in [-0.1, -0.05) is 12.1 Å². The van der Waals surface area contributed by atoms with Crippen molar-refractivity contribution in [1.29, 1.82) is 0 Å². The third-order valence-corrected chi connectivity index (χ3v) is 2.95. The molecule has 1 aromatic carbocycles. The predicted octanol–water partition coefficient (Wildman–Crippen LogP) is 2.53. The quantitative estimate of drug-likeness (QED) is 0.750. The number of nitrogens with one attached hydrogen (secondary N) is 1. The number of esters is 1. The van der Waals surface area contributed by atoms with E-state index < -0.39 is 0 Å². The largest absolute Gasteiger partial charge is 0.493 e. The number of amides is 1. The van der Waals surface area contributed by atoms with Gasteiger partial charge in [-0.2, -0.15) is 0 Å². The van der Waals surface area contributed by atoms with Gasteiger partial charge in [0.05, 0.1) is 25.6 Å². The molecule has 1 N–H and O–H groups in total. The first-order chi connectivity index (χ1) is 10.4. The van der Waals surface area contributed by atoms with Crippen molar-refractivity contribution in [2.45, 2.75) is 46.6 Å². The van der Waals surface area contributed by atoms with Gasteiger partial charge in [0.2, 0.25) is 5.91 Å². The molecule has 5 nitrogen and oxygen atoms in total. The zero-order valence-electron chi connectivity index (χ0n) is 13.8. The molecule has 0 atom stereocenters. The molecular formula is C17H25NO4. The topological polar surface area (TPSA) is 64.6 Å². The van der Waals surface area contributed by atoms with E-state index in [9.17, 15) is 9.59 Å². The van der Waals surface area contributed by atoms with Crippen LogP contribution in [0.25, 0.3) is 0 Å². The van der Waals surface area contributed by atoms with E-state index in [0.717, 1.165) is 16.9 Å². The summed E-state index contributed by atoms with van der Waals surface area (Å²) >= 11 is 0. The number of benzene rings is 1. The van der Waals surface area contributed by atoms with Crippen LogP contribution in [-0.2, 0) is 14.3 Å². The fourth-order valence-corrected chi connectivity index (χ4v) is 1.83. The zero-order valence-corrected chi connectivity index (χ0v) is 13.8. The standard InChI is InChI=1S/C17H25NO4/c1-12(2)22-17(20)7-9-18-16(19)8-10-21-15-11-13(3)5-6-14(15)4/h5-6,11-12H,7-10H2,1-4H3,(H,18,19). The van der Waals surface area contributed by atoms with Crippen molar-refractivity contribution >= 4 is 11.9 Å². The van der Waals surface area contributed by atoms with Gasteiger partial charge in [-0.15, -0.1) is 0 Å². The molecule has 0 spiro atoms. The Kier molecular flexibility index (Phi) is 7.43. The summed E-state index contributed by atoms with van der Waals surface area (Å²) in [6.45, 7) is 8.15. The minimum Gasteiger partial charge on any atom is -0.493 e. The number of ether oxygens (including phenoxy) is 2. The van der Waals surface area contributed by atoms with E-state index in [2.05, 4.69) is 5.32 Å². The Morgan fingerprint density at radius 2 is 1.91 bits per heavy atom. The molecule has 1 aromatic rings. The van der Waals surface area contributed by atoms with Crippen molar-refractivity contribution in [2.75, 3.05) is 13.2 Å². The van der Waals surface area contributed by atoms with Crippen molar-refractivity contribution in [2.24, 2.45) is 0 Å². The first kappa shape index (κ1) is 18.0. The van der Waals surface area contributed by atoms with E-state index in [-0.39, 0.29) is 37.4 Å². The van der Waals surface area contributed by atoms with Crippen LogP contribution in [0.5, 0.6) is 5.75 Å². The third kappa shape index (κ3) is 7.11. The van der Waals surface area contributed by atoms with Crippen molar-refractivity contribution in [3.8, 4) is 5.75 Å². The van der Waals surface area contributed by atoms with E-state index >= 15 is 0 Å². The molecule has 0 radical (unpaired) electrons. The number of carbonyl (C=O) groups excluding carboxylic acids is 2. The molecule has 0 aliphatic heterocycles. The van der Waals surface area contributed by atoms with Crippen molar-refractivity contribution < 1.29 is 19.1 Å². The van der Waals surface area contributed by atoms with Crippen molar-refractivity contribution in [3.63, 3.8) is 0 Å². The molecule has 0 aromatic heterocycles. The summed E-state index contributed by atoms with van der Waals surface area (Å²) in [4.78, 5) is 23.0. The van der Waals surface area contributed by atoms with Gasteiger partial charge in [0.1, 0.15) is 5.75 Å². The summed E-state index contributed by atoms with van der Waals surface area (Å²) in [5.74, 6) is 0.359. The Morgan fingerprint density at radius 1 is 1.18 bits per heavy atom. The molecule has 0 fully saturated rings. The number of hydrogen-bond donors (Lipinski definition) is 1. The molecule has 0 aliphatic rings. The van der Waals surface area contributed by atoms with Crippen LogP contribution in [0.3, 0.4) is 0 Å². The second-order valence-corrected chi connectivity index (χ2v) is 5.51. The average molecular weight is 307 g/mol. The van der Waals surface area contributed by atoms with Gasteiger partial charge in [0.15, 0.2) is 0 Å². The summed E-state index contributed by atoms with van der Waals surface area (Å²) in [5.41, 5.74) is 2.16. The van der Waals surface area contributed by atoms with Crippen LogP contribution in [-0.4, -0.2) is 31.1 Å². The van der Waals surface area contributed by atoms with Crippen LogP contribution in [0.15, 0.2) is 18.2 Å². The first-order valence-corrected chi connectivity index (χ1v) is 7.54. The summed E-state index contributed by atoms with van der Waals surface area (Å²) < 4.78 is 10.6. The molecular weight excluding hydrogens is 282 g/mol. The monoisotopic (exact) mass is 307 g/mol. The lowest BCUT2D eigenvalue weighted by molar-refractivity contribution is -0.147. The van der Waals surface area contributed by atoms with E-state index in [1.165, 1.54) is 0 Å².